The number of hydrogen-bond donors (Lipinski definition) is 3. The van der Waals surface area contributed by atoms with Crippen molar-refractivity contribution >= 4 is 17.9 Å². The number of ether oxygens (including phenoxy) is 2. The largest absolute Gasteiger partial charge is 0.479 e. The molecule has 1 atom stereocenters. The van der Waals surface area contributed by atoms with Crippen molar-refractivity contribution in [3.8, 4) is 0 Å². The van der Waals surface area contributed by atoms with Crippen molar-refractivity contribution in [2.45, 2.75) is 57.9 Å². The van der Waals surface area contributed by atoms with Gasteiger partial charge < -0.3 is 26.0 Å². The molecule has 0 radical (unpaired) electrons. The summed E-state index contributed by atoms with van der Waals surface area (Å²) in [6.45, 7) is 5.19. The number of aliphatic carboxylic acids is 1. The van der Waals surface area contributed by atoms with Gasteiger partial charge >= 0.3 is 17.9 Å². The second kappa shape index (κ2) is 9.48. The Labute approximate surface area is 158 Å². The van der Waals surface area contributed by atoms with Crippen LogP contribution >= 0.6 is 0 Å². The third-order valence-corrected chi connectivity index (χ3v) is 3.75. The van der Waals surface area contributed by atoms with Gasteiger partial charge in [-0.3, -0.25) is 9.59 Å². The fourth-order valence-corrected chi connectivity index (χ4v) is 2.37. The number of hydrogen-bond acceptors (Lipinski definition) is 7. The van der Waals surface area contributed by atoms with E-state index in [1.807, 2.05) is 6.07 Å². The van der Waals surface area contributed by atoms with Crippen LogP contribution in [0.4, 0.5) is 0 Å². The average Bonchev–Trinajstić information content (AvgIpc) is 2.55. The van der Waals surface area contributed by atoms with E-state index in [0.717, 1.165) is 5.56 Å². The summed E-state index contributed by atoms with van der Waals surface area (Å²) >= 11 is 0. The average molecular weight is 380 g/mol. The van der Waals surface area contributed by atoms with Gasteiger partial charge in [0.2, 0.25) is 0 Å². The summed E-state index contributed by atoms with van der Waals surface area (Å²) in [5.74, 6) is -4.10. The molecule has 1 rings (SSSR count). The molecule has 1 aromatic rings. The molecule has 0 aliphatic carbocycles. The molecule has 1 unspecified atom stereocenters. The van der Waals surface area contributed by atoms with Gasteiger partial charge in [-0.1, -0.05) is 30.3 Å². The molecule has 0 saturated carbocycles. The fourth-order valence-electron chi connectivity index (χ4n) is 2.37. The van der Waals surface area contributed by atoms with E-state index in [4.69, 9.17) is 20.9 Å². The van der Waals surface area contributed by atoms with E-state index in [0.29, 0.717) is 0 Å². The predicted molar refractivity (Wildman–Crippen MR) is 98.2 cm³/mol. The number of carbonyl (C=O) groups excluding carboxylic acids is 2. The van der Waals surface area contributed by atoms with E-state index in [1.165, 1.54) is 0 Å². The Bertz CT molecular complexity index is 652. The van der Waals surface area contributed by atoms with Crippen molar-refractivity contribution in [3.05, 3.63) is 35.9 Å². The molecule has 8 nitrogen and oxygen atoms in total. The monoisotopic (exact) mass is 380 g/mol. The number of rotatable bonds is 9. The van der Waals surface area contributed by atoms with Gasteiger partial charge in [0.25, 0.3) is 0 Å². The van der Waals surface area contributed by atoms with Crippen molar-refractivity contribution in [3.63, 3.8) is 0 Å². The minimum atomic E-state index is -2.30. The number of carboxylic acid groups (broad SMARTS) is 1. The molecule has 0 bridgehead atoms. The van der Waals surface area contributed by atoms with E-state index < -0.39 is 35.1 Å². The molecule has 0 heterocycles. The molecule has 0 aliphatic rings. The number of carbonyl (C=O) groups is 3. The third kappa shape index (κ3) is 7.76. The third-order valence-electron chi connectivity index (χ3n) is 3.75. The lowest BCUT2D eigenvalue weighted by molar-refractivity contribution is -0.161. The molecule has 0 aromatic heterocycles. The van der Waals surface area contributed by atoms with Gasteiger partial charge in [-0.05, 0) is 39.2 Å². The zero-order chi connectivity index (χ0) is 20.7. The van der Waals surface area contributed by atoms with Crippen LogP contribution in [0.1, 0.15) is 45.6 Å². The quantitative estimate of drug-likeness (QED) is 0.433. The summed E-state index contributed by atoms with van der Waals surface area (Å²) in [4.78, 5) is 35.6. The van der Waals surface area contributed by atoms with Crippen molar-refractivity contribution in [2.75, 3.05) is 0 Å². The van der Waals surface area contributed by atoms with Crippen molar-refractivity contribution < 1.29 is 29.0 Å². The standard InChI is InChI=1S/C19H28N2O6/c1-18(2,3)27-15(22)11-7-10-14(19(20,21)17(24)25)16(23)26-12-13-8-5-4-6-9-13/h4-6,8-9,14H,7,10-12,20-21H2,1-3H3,(H,24,25). The highest BCUT2D eigenvalue weighted by atomic mass is 16.6. The molecule has 5 N–H and O–H groups in total. The smallest absolute Gasteiger partial charge is 0.339 e. The van der Waals surface area contributed by atoms with E-state index in [1.54, 1.807) is 45.0 Å². The molecule has 0 fully saturated rings. The number of carboxylic acids is 1. The first-order chi connectivity index (χ1) is 12.4. The zero-order valence-corrected chi connectivity index (χ0v) is 15.9. The number of nitrogens with two attached hydrogens (primary N) is 2. The van der Waals surface area contributed by atoms with Gasteiger partial charge in [-0.15, -0.1) is 0 Å². The van der Waals surface area contributed by atoms with E-state index in [9.17, 15) is 19.5 Å². The van der Waals surface area contributed by atoms with E-state index in [2.05, 4.69) is 0 Å². The summed E-state index contributed by atoms with van der Waals surface area (Å²) in [5.41, 5.74) is 9.12. The van der Waals surface area contributed by atoms with Crippen LogP contribution in [-0.4, -0.2) is 34.3 Å². The minimum absolute atomic E-state index is 0.00936. The maximum atomic E-state index is 12.4. The van der Waals surface area contributed by atoms with Crippen LogP contribution in [-0.2, 0) is 30.5 Å². The van der Waals surface area contributed by atoms with Crippen LogP contribution in [0.3, 0.4) is 0 Å². The Hall–Kier alpha value is -2.45. The summed E-state index contributed by atoms with van der Waals surface area (Å²) in [6.07, 6.45) is 0.172. The van der Waals surface area contributed by atoms with Gasteiger partial charge in [-0.2, -0.15) is 0 Å². The molecule has 27 heavy (non-hydrogen) atoms. The van der Waals surface area contributed by atoms with Crippen LogP contribution in [0.2, 0.25) is 0 Å². The lowest BCUT2D eigenvalue weighted by Gasteiger charge is -2.28. The summed E-state index contributed by atoms with van der Waals surface area (Å²) in [6, 6.07) is 8.92. The lowest BCUT2D eigenvalue weighted by Crippen LogP contribution is -2.64. The molecule has 0 amide bonds. The topological polar surface area (TPSA) is 142 Å². The molecule has 150 valence electrons. The maximum Gasteiger partial charge on any atom is 0.339 e. The summed E-state index contributed by atoms with van der Waals surface area (Å²) in [5, 5.41) is 9.26. The van der Waals surface area contributed by atoms with Crippen molar-refractivity contribution in [1.82, 2.24) is 0 Å². The van der Waals surface area contributed by atoms with Crippen molar-refractivity contribution in [1.29, 1.82) is 0 Å². The highest BCUT2D eigenvalue weighted by molar-refractivity contribution is 5.86. The Kier molecular flexibility index (Phi) is 7.93. The lowest BCUT2D eigenvalue weighted by atomic mass is 9.89. The molecule has 0 spiro atoms. The highest BCUT2D eigenvalue weighted by Crippen LogP contribution is 2.21. The molecule has 1 aromatic carbocycles. The summed E-state index contributed by atoms with van der Waals surface area (Å²) < 4.78 is 10.4. The van der Waals surface area contributed by atoms with Crippen LogP contribution < -0.4 is 11.5 Å². The van der Waals surface area contributed by atoms with Gasteiger partial charge in [-0.25, -0.2) is 4.79 Å². The normalized spacial score (nSPS) is 12.9. The minimum Gasteiger partial charge on any atom is -0.479 e. The Morgan fingerprint density at radius 3 is 2.22 bits per heavy atom. The second-order valence-electron chi connectivity index (χ2n) is 7.36. The highest BCUT2D eigenvalue weighted by Gasteiger charge is 2.44. The van der Waals surface area contributed by atoms with E-state index in [-0.39, 0.29) is 25.9 Å². The molecule has 0 saturated heterocycles. The number of esters is 2. The molecule has 0 aliphatic heterocycles. The Morgan fingerprint density at radius 1 is 1.11 bits per heavy atom. The second-order valence-corrected chi connectivity index (χ2v) is 7.36. The summed E-state index contributed by atoms with van der Waals surface area (Å²) in [7, 11) is 0. The van der Waals surface area contributed by atoms with Gasteiger partial charge in [0.05, 0.1) is 5.92 Å². The Morgan fingerprint density at radius 2 is 1.70 bits per heavy atom. The molecular weight excluding hydrogens is 352 g/mol. The van der Waals surface area contributed by atoms with Gasteiger partial charge in [0, 0.05) is 6.42 Å². The molecule has 8 heteroatoms. The fraction of sp³-hybridized carbons (Fsp3) is 0.526. The van der Waals surface area contributed by atoms with Crippen LogP contribution in [0.5, 0.6) is 0 Å². The predicted octanol–water partition coefficient (Wildman–Crippen LogP) is 1.56. The first-order valence-electron chi connectivity index (χ1n) is 8.67. The van der Waals surface area contributed by atoms with Crippen LogP contribution in [0.15, 0.2) is 30.3 Å². The van der Waals surface area contributed by atoms with Crippen LogP contribution in [0, 0.1) is 5.92 Å². The van der Waals surface area contributed by atoms with Crippen LogP contribution in [0.25, 0.3) is 0 Å². The van der Waals surface area contributed by atoms with E-state index >= 15 is 0 Å². The first-order valence-corrected chi connectivity index (χ1v) is 8.67. The van der Waals surface area contributed by atoms with Gasteiger partial charge in [0.1, 0.15) is 12.2 Å². The maximum absolute atomic E-state index is 12.4. The SMILES string of the molecule is CC(C)(C)OC(=O)CCCC(C(=O)OCc1ccccc1)C(N)(N)C(=O)O. The zero-order valence-electron chi connectivity index (χ0n) is 15.9. The molecular formula is C19H28N2O6. The first kappa shape index (κ1) is 22.6. The Balaban J connectivity index is 2.71. The number of benzene rings is 1. The van der Waals surface area contributed by atoms with Gasteiger partial charge in [0.15, 0.2) is 5.66 Å². The van der Waals surface area contributed by atoms with Crippen molar-refractivity contribution in [2.24, 2.45) is 17.4 Å².